The van der Waals surface area contributed by atoms with Gasteiger partial charge in [-0.15, -0.1) is 0 Å². The van der Waals surface area contributed by atoms with E-state index in [1.165, 1.54) is 16.4 Å². The van der Waals surface area contributed by atoms with E-state index in [1.807, 2.05) is 0 Å². The number of rotatable bonds is 5. The zero-order valence-electron chi connectivity index (χ0n) is 14.9. The first-order valence-electron chi connectivity index (χ1n) is 8.71. The molecule has 2 aromatic rings. The molecule has 0 spiro atoms. The molecule has 9 heteroatoms. The van der Waals surface area contributed by atoms with E-state index < -0.39 is 27.7 Å². The zero-order valence-corrected chi connectivity index (χ0v) is 15.7. The number of amides is 1. The highest BCUT2D eigenvalue weighted by Crippen LogP contribution is 2.31. The van der Waals surface area contributed by atoms with E-state index in [2.05, 4.69) is 5.32 Å². The number of hydrogen-bond acceptors (Lipinski definition) is 3. The minimum atomic E-state index is -4.43. The van der Waals surface area contributed by atoms with Crippen LogP contribution in [-0.4, -0.2) is 44.0 Å². The van der Waals surface area contributed by atoms with Gasteiger partial charge in [-0.2, -0.15) is 13.2 Å². The Balaban J connectivity index is 1.72. The van der Waals surface area contributed by atoms with Gasteiger partial charge in [-0.25, -0.2) is 12.7 Å². The van der Waals surface area contributed by atoms with Crippen LogP contribution in [0.25, 0.3) is 11.1 Å². The summed E-state index contributed by atoms with van der Waals surface area (Å²) < 4.78 is 63.1. The third-order valence-corrected chi connectivity index (χ3v) is 6.50. The smallest absolute Gasteiger partial charge is 0.351 e. The Kier molecular flexibility index (Phi) is 5.76. The van der Waals surface area contributed by atoms with Crippen molar-refractivity contribution in [2.75, 3.05) is 25.4 Å². The Morgan fingerprint density at radius 1 is 1.07 bits per heavy atom. The molecule has 0 atom stereocenters. The van der Waals surface area contributed by atoms with Gasteiger partial charge in [0.05, 0.1) is 11.3 Å². The average molecular weight is 412 g/mol. The highest BCUT2D eigenvalue weighted by Gasteiger charge is 2.30. The lowest BCUT2D eigenvalue weighted by Gasteiger charge is -2.15. The van der Waals surface area contributed by atoms with Crippen molar-refractivity contribution >= 4 is 15.9 Å². The second-order valence-corrected chi connectivity index (χ2v) is 8.53. The fourth-order valence-electron chi connectivity index (χ4n) is 3.10. The molecule has 1 aliphatic rings. The molecule has 1 N–H and O–H groups in total. The number of nitrogens with one attached hydrogen (secondary N) is 1. The summed E-state index contributed by atoms with van der Waals surface area (Å²) in [5.41, 5.74) is 0.542. The highest BCUT2D eigenvalue weighted by atomic mass is 32.2. The number of carbonyl (C=O) groups excluding carboxylic acids is 1. The normalized spacial score (nSPS) is 16.8. The third kappa shape index (κ3) is 4.53. The molecule has 2 aromatic carbocycles. The molecule has 1 fully saturated rings. The molecular formula is C19H19F3N2O3S. The number of carbonyl (C=O) groups is 1. The van der Waals surface area contributed by atoms with Crippen molar-refractivity contribution in [2.24, 2.45) is 0 Å². The average Bonchev–Trinajstić information content (AvgIpc) is 2.99. The number of nitrogens with zero attached hydrogens (tertiary/aromatic N) is 1. The largest absolute Gasteiger partial charge is 0.416 e. The van der Waals surface area contributed by atoms with E-state index in [1.54, 1.807) is 24.3 Å². The molecule has 1 amide bonds. The first-order chi connectivity index (χ1) is 13.2. The molecule has 3 rings (SSSR count). The van der Waals surface area contributed by atoms with E-state index >= 15 is 0 Å². The maximum atomic E-state index is 12.7. The number of sulfonamides is 1. The molecular weight excluding hydrogens is 393 g/mol. The predicted molar refractivity (Wildman–Crippen MR) is 99.2 cm³/mol. The van der Waals surface area contributed by atoms with Gasteiger partial charge in [-0.3, -0.25) is 4.79 Å². The minimum Gasteiger partial charge on any atom is -0.351 e. The predicted octanol–water partition coefficient (Wildman–Crippen LogP) is 3.14. The molecule has 0 unspecified atom stereocenters. The van der Waals surface area contributed by atoms with Gasteiger partial charge in [-0.05, 0) is 35.7 Å². The van der Waals surface area contributed by atoms with E-state index in [0.717, 1.165) is 12.1 Å². The van der Waals surface area contributed by atoms with Crippen LogP contribution in [0.1, 0.15) is 22.3 Å². The van der Waals surface area contributed by atoms with Gasteiger partial charge >= 0.3 is 6.18 Å². The molecule has 0 bridgehead atoms. The Morgan fingerprint density at radius 3 is 2.36 bits per heavy atom. The summed E-state index contributed by atoms with van der Waals surface area (Å²) in [4.78, 5) is 12.5. The maximum Gasteiger partial charge on any atom is 0.416 e. The van der Waals surface area contributed by atoms with Crippen molar-refractivity contribution in [3.8, 4) is 11.1 Å². The van der Waals surface area contributed by atoms with Crippen LogP contribution in [0.4, 0.5) is 13.2 Å². The van der Waals surface area contributed by atoms with Crippen LogP contribution in [0.5, 0.6) is 0 Å². The van der Waals surface area contributed by atoms with E-state index in [-0.39, 0.29) is 18.8 Å². The van der Waals surface area contributed by atoms with Crippen LogP contribution in [0.15, 0.2) is 48.5 Å². The molecule has 5 nitrogen and oxygen atoms in total. The van der Waals surface area contributed by atoms with Crippen LogP contribution >= 0.6 is 0 Å². The van der Waals surface area contributed by atoms with Gasteiger partial charge in [0, 0.05) is 25.2 Å². The fraction of sp³-hybridized carbons (Fsp3) is 0.316. The Labute approximate surface area is 161 Å². The molecule has 28 heavy (non-hydrogen) atoms. The summed E-state index contributed by atoms with van der Waals surface area (Å²) in [5, 5.41) is 2.68. The summed E-state index contributed by atoms with van der Waals surface area (Å²) in [5.74, 6) is -0.287. The summed E-state index contributed by atoms with van der Waals surface area (Å²) in [6.45, 7) is 0.788. The number of benzene rings is 2. The van der Waals surface area contributed by atoms with Crippen LogP contribution in [0.2, 0.25) is 0 Å². The molecule has 0 radical (unpaired) electrons. The molecule has 1 heterocycles. The van der Waals surface area contributed by atoms with Crippen LogP contribution in [-0.2, 0) is 16.2 Å². The quantitative estimate of drug-likeness (QED) is 0.821. The van der Waals surface area contributed by atoms with Crippen LogP contribution < -0.4 is 5.32 Å². The number of alkyl halides is 3. The summed E-state index contributed by atoms with van der Waals surface area (Å²) in [6.07, 6.45) is -3.85. The van der Waals surface area contributed by atoms with Crippen molar-refractivity contribution in [1.82, 2.24) is 9.62 Å². The fourth-order valence-corrected chi connectivity index (χ4v) is 4.63. The van der Waals surface area contributed by atoms with Crippen molar-refractivity contribution < 1.29 is 26.4 Å². The molecule has 0 aliphatic carbocycles. The molecule has 0 saturated carbocycles. The van der Waals surface area contributed by atoms with Crippen molar-refractivity contribution in [3.05, 3.63) is 59.7 Å². The van der Waals surface area contributed by atoms with Crippen molar-refractivity contribution in [1.29, 1.82) is 0 Å². The monoisotopic (exact) mass is 412 g/mol. The molecule has 1 saturated heterocycles. The minimum absolute atomic E-state index is 0.123. The standard InChI is InChI=1S/C19H19F3N2O3S/c20-19(21,22)15-8-6-14(7-9-15)16-4-1-2-5-17(16)18(25)23-10-12-24-11-3-13-28(24,26)27/h1-2,4-9H,3,10-13H2,(H,23,25). The van der Waals surface area contributed by atoms with Gasteiger partial charge in [0.2, 0.25) is 10.0 Å². The SMILES string of the molecule is O=C(NCCN1CCCS1(=O)=O)c1ccccc1-c1ccc(C(F)(F)F)cc1. The summed E-state index contributed by atoms with van der Waals surface area (Å²) >= 11 is 0. The van der Waals surface area contributed by atoms with Gasteiger partial charge < -0.3 is 5.32 Å². The van der Waals surface area contributed by atoms with Crippen molar-refractivity contribution in [3.63, 3.8) is 0 Å². The lowest BCUT2D eigenvalue weighted by molar-refractivity contribution is -0.137. The van der Waals surface area contributed by atoms with E-state index in [0.29, 0.717) is 29.7 Å². The summed E-state index contributed by atoms with van der Waals surface area (Å²) in [6, 6.07) is 11.2. The van der Waals surface area contributed by atoms with E-state index in [9.17, 15) is 26.4 Å². The van der Waals surface area contributed by atoms with Crippen molar-refractivity contribution in [2.45, 2.75) is 12.6 Å². The highest BCUT2D eigenvalue weighted by molar-refractivity contribution is 7.89. The lowest BCUT2D eigenvalue weighted by Crippen LogP contribution is -2.36. The second kappa shape index (κ2) is 7.92. The van der Waals surface area contributed by atoms with E-state index in [4.69, 9.17) is 0 Å². The molecule has 150 valence electrons. The Morgan fingerprint density at radius 2 is 1.75 bits per heavy atom. The molecule has 1 aliphatic heterocycles. The van der Waals surface area contributed by atoms with Gasteiger partial charge in [0.25, 0.3) is 5.91 Å². The molecule has 0 aromatic heterocycles. The maximum absolute atomic E-state index is 12.7. The first-order valence-corrected chi connectivity index (χ1v) is 10.3. The number of hydrogen-bond donors (Lipinski definition) is 1. The Bertz CT molecular complexity index is 957. The van der Waals surface area contributed by atoms with Crippen LogP contribution in [0, 0.1) is 0 Å². The Hall–Kier alpha value is -2.39. The third-order valence-electron chi connectivity index (χ3n) is 4.54. The topological polar surface area (TPSA) is 66.5 Å². The lowest BCUT2D eigenvalue weighted by atomic mass is 9.98. The first kappa shape index (κ1) is 20.3. The number of halogens is 3. The second-order valence-electron chi connectivity index (χ2n) is 6.45. The van der Waals surface area contributed by atoms with Gasteiger partial charge in [0.15, 0.2) is 0 Å². The van der Waals surface area contributed by atoms with Crippen LogP contribution in [0.3, 0.4) is 0 Å². The van der Waals surface area contributed by atoms with Gasteiger partial charge in [-0.1, -0.05) is 30.3 Å². The van der Waals surface area contributed by atoms with Gasteiger partial charge in [0.1, 0.15) is 0 Å². The zero-order chi connectivity index (χ0) is 20.4. The summed E-state index contributed by atoms with van der Waals surface area (Å²) in [7, 11) is -3.23.